The molecule has 7 heteroatoms. The third-order valence-corrected chi connectivity index (χ3v) is 1.78. The zero-order valence-electron chi connectivity index (χ0n) is 8.75. The number of halogens is 3. The summed E-state index contributed by atoms with van der Waals surface area (Å²) in [6.45, 7) is 1.47. The molecule has 0 aliphatic heterocycles. The van der Waals surface area contributed by atoms with Gasteiger partial charge in [-0.15, -0.1) is 0 Å². The normalized spacial score (nSPS) is 11.1. The van der Waals surface area contributed by atoms with Gasteiger partial charge in [-0.25, -0.2) is 9.78 Å². The van der Waals surface area contributed by atoms with Gasteiger partial charge in [0.05, 0.1) is 12.2 Å². The van der Waals surface area contributed by atoms with E-state index >= 15 is 0 Å². The standard InChI is InChI=1S/C10H8F3NO3/c1-2-17-9(16)7-6(4-3-5-14-7)8(15)10(11,12)13/h3-5H,2H2,1H3. The molecule has 0 aliphatic carbocycles. The molecule has 1 rings (SSSR count). The molecule has 0 aliphatic rings. The second-order valence-electron chi connectivity index (χ2n) is 2.95. The first-order valence-corrected chi connectivity index (χ1v) is 4.61. The molecule has 0 spiro atoms. The van der Waals surface area contributed by atoms with E-state index in [1.165, 1.54) is 6.92 Å². The molecule has 1 aromatic rings. The number of nitrogens with zero attached hydrogens (tertiary/aromatic N) is 1. The highest BCUT2D eigenvalue weighted by Gasteiger charge is 2.41. The Hall–Kier alpha value is -1.92. The highest BCUT2D eigenvalue weighted by molar-refractivity contribution is 6.07. The molecule has 0 saturated carbocycles. The summed E-state index contributed by atoms with van der Waals surface area (Å²) in [6, 6.07) is 2.02. The number of hydrogen-bond acceptors (Lipinski definition) is 4. The highest BCUT2D eigenvalue weighted by atomic mass is 19.4. The van der Waals surface area contributed by atoms with Crippen LogP contribution in [0.5, 0.6) is 0 Å². The number of carbonyl (C=O) groups is 2. The summed E-state index contributed by atoms with van der Waals surface area (Å²) in [5.41, 5.74) is -1.44. The van der Waals surface area contributed by atoms with Crippen LogP contribution in [0, 0.1) is 0 Å². The number of ether oxygens (including phenoxy) is 1. The third kappa shape index (κ3) is 3.02. The van der Waals surface area contributed by atoms with Crippen LogP contribution in [-0.4, -0.2) is 29.5 Å². The van der Waals surface area contributed by atoms with Crippen molar-refractivity contribution in [2.45, 2.75) is 13.1 Å². The number of pyridine rings is 1. The minimum Gasteiger partial charge on any atom is -0.461 e. The number of Topliss-reactive ketones (excluding diaryl/α,β-unsaturated/α-hetero) is 1. The number of rotatable bonds is 3. The van der Waals surface area contributed by atoms with Crippen LogP contribution >= 0.6 is 0 Å². The van der Waals surface area contributed by atoms with Crippen LogP contribution in [0.25, 0.3) is 0 Å². The van der Waals surface area contributed by atoms with E-state index in [-0.39, 0.29) is 6.61 Å². The molecule has 0 unspecified atom stereocenters. The molecule has 0 atom stereocenters. The lowest BCUT2D eigenvalue weighted by atomic mass is 10.1. The van der Waals surface area contributed by atoms with Crippen LogP contribution in [0.4, 0.5) is 13.2 Å². The van der Waals surface area contributed by atoms with Crippen molar-refractivity contribution < 1.29 is 27.5 Å². The summed E-state index contributed by atoms with van der Waals surface area (Å²) >= 11 is 0. The van der Waals surface area contributed by atoms with E-state index in [1.807, 2.05) is 0 Å². The number of aromatic nitrogens is 1. The molecule has 0 fully saturated rings. The first-order chi connectivity index (χ1) is 7.88. The van der Waals surface area contributed by atoms with Gasteiger partial charge in [0.1, 0.15) is 0 Å². The molecule has 1 aromatic heterocycles. The summed E-state index contributed by atoms with van der Waals surface area (Å²) in [5, 5.41) is 0. The Labute approximate surface area is 94.4 Å². The molecule has 92 valence electrons. The first-order valence-electron chi connectivity index (χ1n) is 4.61. The molecule has 0 saturated heterocycles. The number of ketones is 1. The lowest BCUT2D eigenvalue weighted by Gasteiger charge is -2.08. The highest BCUT2D eigenvalue weighted by Crippen LogP contribution is 2.23. The molecule has 4 nitrogen and oxygen atoms in total. The fourth-order valence-corrected chi connectivity index (χ4v) is 1.10. The molecule has 1 heterocycles. The molecule has 0 radical (unpaired) electrons. The van der Waals surface area contributed by atoms with Gasteiger partial charge in [-0.1, -0.05) is 0 Å². The average molecular weight is 247 g/mol. The molecule has 0 N–H and O–H groups in total. The van der Waals surface area contributed by atoms with Crippen molar-refractivity contribution >= 4 is 11.8 Å². The summed E-state index contributed by atoms with van der Waals surface area (Å²) in [4.78, 5) is 25.8. The topological polar surface area (TPSA) is 56.3 Å². The Balaban J connectivity index is 3.17. The van der Waals surface area contributed by atoms with Crippen LogP contribution in [0.15, 0.2) is 18.3 Å². The molecular weight excluding hydrogens is 239 g/mol. The molecule has 17 heavy (non-hydrogen) atoms. The maximum Gasteiger partial charge on any atom is 0.454 e. The first kappa shape index (κ1) is 13.1. The van der Waals surface area contributed by atoms with Crippen molar-refractivity contribution in [3.8, 4) is 0 Å². The second kappa shape index (κ2) is 4.94. The quantitative estimate of drug-likeness (QED) is 0.605. The fraction of sp³-hybridized carbons (Fsp3) is 0.300. The third-order valence-electron chi connectivity index (χ3n) is 1.78. The van der Waals surface area contributed by atoms with Gasteiger partial charge < -0.3 is 4.74 Å². The number of carbonyl (C=O) groups excluding carboxylic acids is 2. The zero-order valence-corrected chi connectivity index (χ0v) is 8.75. The van der Waals surface area contributed by atoms with Gasteiger partial charge in [-0.05, 0) is 19.1 Å². The van der Waals surface area contributed by atoms with Crippen LogP contribution in [0.2, 0.25) is 0 Å². The lowest BCUT2D eigenvalue weighted by Crippen LogP contribution is -2.26. The number of alkyl halides is 3. The maximum absolute atomic E-state index is 12.2. The van der Waals surface area contributed by atoms with Gasteiger partial charge in [-0.2, -0.15) is 13.2 Å². The van der Waals surface area contributed by atoms with Crippen LogP contribution in [0.1, 0.15) is 27.8 Å². The van der Waals surface area contributed by atoms with E-state index in [2.05, 4.69) is 9.72 Å². The summed E-state index contributed by atoms with van der Waals surface area (Å²) in [6.07, 6.45) is -3.94. The van der Waals surface area contributed by atoms with E-state index < -0.39 is 29.2 Å². The van der Waals surface area contributed by atoms with Gasteiger partial charge in [0.15, 0.2) is 5.69 Å². The van der Waals surface area contributed by atoms with Crippen molar-refractivity contribution in [1.29, 1.82) is 0 Å². The maximum atomic E-state index is 12.2. The van der Waals surface area contributed by atoms with Gasteiger partial charge in [-0.3, -0.25) is 4.79 Å². The molecule has 0 bridgehead atoms. The fourth-order valence-electron chi connectivity index (χ4n) is 1.10. The molecule has 0 aromatic carbocycles. The number of esters is 1. The van der Waals surface area contributed by atoms with E-state index in [4.69, 9.17) is 0 Å². The van der Waals surface area contributed by atoms with Crippen LogP contribution < -0.4 is 0 Å². The minimum atomic E-state index is -5.05. The monoisotopic (exact) mass is 247 g/mol. The van der Waals surface area contributed by atoms with E-state index in [9.17, 15) is 22.8 Å². The van der Waals surface area contributed by atoms with Gasteiger partial charge in [0.25, 0.3) is 5.78 Å². The summed E-state index contributed by atoms with van der Waals surface area (Å²) < 4.78 is 41.2. The largest absolute Gasteiger partial charge is 0.461 e. The Morgan fingerprint density at radius 2 is 2.06 bits per heavy atom. The van der Waals surface area contributed by atoms with Crippen molar-refractivity contribution in [1.82, 2.24) is 4.98 Å². The van der Waals surface area contributed by atoms with Gasteiger partial charge in [0.2, 0.25) is 0 Å². The van der Waals surface area contributed by atoms with Crippen LogP contribution in [-0.2, 0) is 4.74 Å². The summed E-state index contributed by atoms with van der Waals surface area (Å²) in [5.74, 6) is -3.17. The minimum absolute atomic E-state index is 0.0188. The van der Waals surface area contributed by atoms with Crippen LogP contribution in [0.3, 0.4) is 0 Å². The summed E-state index contributed by atoms with van der Waals surface area (Å²) in [7, 11) is 0. The van der Waals surface area contributed by atoms with E-state index in [0.717, 1.165) is 18.3 Å². The van der Waals surface area contributed by atoms with E-state index in [1.54, 1.807) is 0 Å². The Bertz CT molecular complexity index is 443. The molecule has 0 amide bonds. The second-order valence-corrected chi connectivity index (χ2v) is 2.95. The average Bonchev–Trinajstić information content (AvgIpc) is 2.27. The smallest absolute Gasteiger partial charge is 0.454 e. The predicted octanol–water partition coefficient (Wildman–Crippen LogP) is 2.00. The van der Waals surface area contributed by atoms with E-state index in [0.29, 0.717) is 0 Å². The van der Waals surface area contributed by atoms with Crippen molar-refractivity contribution in [3.63, 3.8) is 0 Å². The van der Waals surface area contributed by atoms with Crippen molar-refractivity contribution in [2.75, 3.05) is 6.61 Å². The lowest BCUT2D eigenvalue weighted by molar-refractivity contribution is -0.0885. The Morgan fingerprint density at radius 3 is 2.59 bits per heavy atom. The number of hydrogen-bond donors (Lipinski definition) is 0. The Morgan fingerprint density at radius 1 is 1.41 bits per heavy atom. The van der Waals surface area contributed by atoms with Crippen molar-refractivity contribution in [3.05, 3.63) is 29.6 Å². The SMILES string of the molecule is CCOC(=O)c1ncccc1C(=O)C(F)(F)F. The van der Waals surface area contributed by atoms with Crippen molar-refractivity contribution in [2.24, 2.45) is 0 Å². The van der Waals surface area contributed by atoms with Gasteiger partial charge >= 0.3 is 12.1 Å². The van der Waals surface area contributed by atoms with Gasteiger partial charge in [0, 0.05) is 6.20 Å². The zero-order chi connectivity index (χ0) is 13.1. The predicted molar refractivity (Wildman–Crippen MR) is 50.6 cm³/mol. The molecular formula is C10H8F3NO3. The Kier molecular flexibility index (Phi) is 3.82.